The SMILES string of the molecule is O=S(c1ccccc1)C(Cl)C1C=CCCC1. The van der Waals surface area contributed by atoms with Crippen molar-refractivity contribution in [2.24, 2.45) is 5.92 Å². The Bertz CT molecular complexity index is 388. The van der Waals surface area contributed by atoms with Crippen molar-refractivity contribution in [2.75, 3.05) is 0 Å². The van der Waals surface area contributed by atoms with Crippen molar-refractivity contribution in [3.63, 3.8) is 0 Å². The zero-order valence-electron chi connectivity index (χ0n) is 9.01. The molecule has 0 N–H and O–H groups in total. The van der Waals surface area contributed by atoms with Gasteiger partial charge in [-0.05, 0) is 31.4 Å². The molecule has 0 heterocycles. The van der Waals surface area contributed by atoms with E-state index in [0.717, 1.165) is 24.2 Å². The maximum atomic E-state index is 12.2. The van der Waals surface area contributed by atoms with Crippen LogP contribution in [0.4, 0.5) is 0 Å². The van der Waals surface area contributed by atoms with Gasteiger partial charge in [0.25, 0.3) is 0 Å². The predicted octanol–water partition coefficient (Wildman–Crippen LogP) is 3.72. The fourth-order valence-electron chi connectivity index (χ4n) is 1.90. The highest BCUT2D eigenvalue weighted by atomic mass is 35.5. The fraction of sp³-hybridized carbons (Fsp3) is 0.385. The number of allylic oxidation sites excluding steroid dienone is 2. The third-order valence-corrected chi connectivity index (χ3v) is 5.11. The fourth-order valence-corrected chi connectivity index (χ4v) is 3.65. The van der Waals surface area contributed by atoms with Crippen LogP contribution in [0.25, 0.3) is 0 Å². The second kappa shape index (κ2) is 5.65. The Morgan fingerprint density at radius 2 is 2.06 bits per heavy atom. The van der Waals surface area contributed by atoms with Crippen LogP contribution in [0.3, 0.4) is 0 Å². The highest BCUT2D eigenvalue weighted by Crippen LogP contribution is 2.28. The van der Waals surface area contributed by atoms with E-state index in [1.165, 1.54) is 0 Å². The van der Waals surface area contributed by atoms with Gasteiger partial charge in [-0.3, -0.25) is 4.21 Å². The van der Waals surface area contributed by atoms with E-state index in [-0.39, 0.29) is 10.6 Å². The lowest BCUT2D eigenvalue weighted by atomic mass is 9.98. The van der Waals surface area contributed by atoms with Gasteiger partial charge in [0.2, 0.25) is 0 Å². The molecule has 0 amide bonds. The molecule has 0 aliphatic heterocycles. The van der Waals surface area contributed by atoms with Crippen molar-refractivity contribution in [1.29, 1.82) is 0 Å². The molecule has 0 radical (unpaired) electrons. The summed E-state index contributed by atoms with van der Waals surface area (Å²) in [6.07, 6.45) is 7.57. The topological polar surface area (TPSA) is 17.1 Å². The molecule has 2 rings (SSSR count). The first-order chi connectivity index (χ1) is 7.79. The zero-order valence-corrected chi connectivity index (χ0v) is 10.6. The first kappa shape index (κ1) is 11.9. The quantitative estimate of drug-likeness (QED) is 0.594. The van der Waals surface area contributed by atoms with Crippen LogP contribution in [0.2, 0.25) is 0 Å². The van der Waals surface area contributed by atoms with Crippen molar-refractivity contribution in [1.82, 2.24) is 0 Å². The molecule has 1 aliphatic carbocycles. The van der Waals surface area contributed by atoms with Crippen LogP contribution in [0.5, 0.6) is 0 Å². The zero-order chi connectivity index (χ0) is 11.4. The van der Waals surface area contributed by atoms with E-state index in [4.69, 9.17) is 11.6 Å². The van der Waals surface area contributed by atoms with Crippen LogP contribution >= 0.6 is 11.6 Å². The molecular formula is C13H15ClOS. The molecule has 0 saturated heterocycles. The minimum atomic E-state index is -1.11. The third-order valence-electron chi connectivity index (χ3n) is 2.81. The Hall–Kier alpha value is -0.600. The molecule has 1 aromatic carbocycles. The largest absolute Gasteiger partial charge is 0.253 e. The maximum Gasteiger partial charge on any atom is 0.119 e. The van der Waals surface area contributed by atoms with Gasteiger partial charge in [-0.2, -0.15) is 0 Å². The molecule has 1 aromatic rings. The molecule has 3 unspecified atom stereocenters. The molecule has 0 bridgehead atoms. The summed E-state index contributed by atoms with van der Waals surface area (Å²) in [5.74, 6) is 0.247. The molecule has 3 heteroatoms. The highest BCUT2D eigenvalue weighted by molar-refractivity contribution is 7.87. The van der Waals surface area contributed by atoms with Crippen molar-refractivity contribution in [2.45, 2.75) is 28.9 Å². The maximum absolute atomic E-state index is 12.2. The van der Waals surface area contributed by atoms with Gasteiger partial charge in [0.15, 0.2) is 0 Å². The predicted molar refractivity (Wildman–Crippen MR) is 69.0 cm³/mol. The van der Waals surface area contributed by atoms with Gasteiger partial charge in [0, 0.05) is 10.8 Å². The summed E-state index contributed by atoms with van der Waals surface area (Å²) >= 11 is 6.29. The van der Waals surface area contributed by atoms with Crippen molar-refractivity contribution in [3.8, 4) is 0 Å². The van der Waals surface area contributed by atoms with Crippen molar-refractivity contribution >= 4 is 22.4 Å². The normalized spacial score (nSPS) is 23.9. The van der Waals surface area contributed by atoms with Crippen LogP contribution in [0, 0.1) is 5.92 Å². The Balaban J connectivity index is 2.10. The number of rotatable bonds is 3. The standard InChI is InChI=1S/C13H15ClOS/c14-13(11-7-3-1-4-8-11)16(15)12-9-5-2-6-10-12/h2-3,5-7,9-11,13H,1,4,8H2. The summed E-state index contributed by atoms with van der Waals surface area (Å²) < 4.78 is 11.9. The van der Waals surface area contributed by atoms with Gasteiger partial charge in [-0.1, -0.05) is 30.4 Å². The number of alkyl halides is 1. The van der Waals surface area contributed by atoms with Gasteiger partial charge in [0.05, 0.1) is 10.8 Å². The molecule has 0 fully saturated rings. The summed E-state index contributed by atoms with van der Waals surface area (Å²) in [7, 11) is -1.11. The Morgan fingerprint density at radius 1 is 1.31 bits per heavy atom. The summed E-state index contributed by atoms with van der Waals surface area (Å²) in [6, 6.07) is 9.46. The minimum Gasteiger partial charge on any atom is -0.253 e. The molecular weight excluding hydrogens is 240 g/mol. The second-order valence-corrected chi connectivity index (χ2v) is 6.29. The first-order valence-electron chi connectivity index (χ1n) is 5.55. The molecule has 1 nitrogen and oxygen atoms in total. The number of hydrogen-bond donors (Lipinski definition) is 0. The van der Waals surface area contributed by atoms with Crippen LogP contribution in [0.1, 0.15) is 19.3 Å². The average Bonchev–Trinajstić information content (AvgIpc) is 2.39. The Labute approximate surface area is 104 Å². The summed E-state index contributed by atoms with van der Waals surface area (Å²) in [4.78, 5) is 0.821. The van der Waals surface area contributed by atoms with Gasteiger partial charge < -0.3 is 0 Å². The van der Waals surface area contributed by atoms with E-state index < -0.39 is 10.8 Å². The highest BCUT2D eigenvalue weighted by Gasteiger charge is 2.24. The van der Waals surface area contributed by atoms with Crippen LogP contribution in [-0.4, -0.2) is 8.92 Å². The van der Waals surface area contributed by atoms with Crippen LogP contribution in [-0.2, 0) is 10.8 Å². The molecule has 0 aromatic heterocycles. The minimum absolute atomic E-state index is 0.247. The van der Waals surface area contributed by atoms with Gasteiger partial charge in [0.1, 0.15) is 4.71 Å². The van der Waals surface area contributed by atoms with E-state index >= 15 is 0 Å². The van der Waals surface area contributed by atoms with Crippen LogP contribution in [0.15, 0.2) is 47.4 Å². The van der Waals surface area contributed by atoms with E-state index in [0.29, 0.717) is 0 Å². The van der Waals surface area contributed by atoms with Gasteiger partial charge in [-0.15, -0.1) is 11.6 Å². The van der Waals surface area contributed by atoms with Crippen molar-refractivity contribution < 1.29 is 4.21 Å². The van der Waals surface area contributed by atoms with E-state index in [9.17, 15) is 4.21 Å². The Morgan fingerprint density at radius 3 is 2.69 bits per heavy atom. The number of benzene rings is 1. The summed E-state index contributed by atoms with van der Waals surface area (Å²) in [5.41, 5.74) is 0. The van der Waals surface area contributed by atoms with Gasteiger partial charge in [-0.25, -0.2) is 0 Å². The van der Waals surface area contributed by atoms with Crippen LogP contribution < -0.4 is 0 Å². The monoisotopic (exact) mass is 254 g/mol. The number of halogens is 1. The molecule has 1 aliphatic rings. The van der Waals surface area contributed by atoms with E-state index in [1.54, 1.807) is 0 Å². The summed E-state index contributed by atoms with van der Waals surface area (Å²) in [5, 5.41) is 0. The second-order valence-electron chi connectivity index (χ2n) is 3.98. The molecule has 3 atom stereocenters. The first-order valence-corrected chi connectivity index (χ1v) is 7.20. The van der Waals surface area contributed by atoms with E-state index in [2.05, 4.69) is 12.2 Å². The smallest absolute Gasteiger partial charge is 0.119 e. The van der Waals surface area contributed by atoms with Crippen molar-refractivity contribution in [3.05, 3.63) is 42.5 Å². The Kier molecular flexibility index (Phi) is 4.19. The van der Waals surface area contributed by atoms with E-state index in [1.807, 2.05) is 30.3 Å². The molecule has 0 spiro atoms. The molecule has 86 valence electrons. The lowest BCUT2D eigenvalue weighted by molar-refractivity contribution is 0.563. The number of hydrogen-bond acceptors (Lipinski definition) is 1. The summed E-state index contributed by atoms with van der Waals surface area (Å²) in [6.45, 7) is 0. The third kappa shape index (κ3) is 2.74. The lowest BCUT2D eigenvalue weighted by Gasteiger charge is -2.21. The molecule has 16 heavy (non-hydrogen) atoms. The van der Waals surface area contributed by atoms with Gasteiger partial charge >= 0.3 is 0 Å². The molecule has 0 saturated carbocycles. The average molecular weight is 255 g/mol. The lowest BCUT2D eigenvalue weighted by Crippen LogP contribution is -2.20.